The topological polar surface area (TPSA) is 89.8 Å². The fraction of sp³-hybridized carbons (Fsp3) is 0.231. The second kappa shape index (κ2) is 14.9. The Balaban J connectivity index is 1.07. The van der Waals surface area contributed by atoms with Gasteiger partial charge in [0.15, 0.2) is 17.3 Å². The molecule has 1 aliphatic heterocycles. The molecule has 1 fully saturated rings. The molecule has 0 radical (unpaired) electrons. The lowest BCUT2D eigenvalue weighted by atomic mass is 10.0. The molecular weight excluding hydrogens is 673 g/mol. The van der Waals surface area contributed by atoms with E-state index in [9.17, 15) is 14.0 Å². The second-order valence-electron chi connectivity index (χ2n) is 12.4. The molecule has 51 heavy (non-hydrogen) atoms. The SMILES string of the molecule is CCOc1ccn(-c2ccc(F)cc2)c(=O)c1C(=O)Cc1ccc(Oc2ccnc3cc(-c4ccc(CN5CCN(C)CC5)cn4)sc23)c(F)c1. The van der Waals surface area contributed by atoms with Gasteiger partial charge in [-0.15, -0.1) is 11.3 Å². The van der Waals surface area contributed by atoms with E-state index in [0.29, 0.717) is 22.5 Å². The van der Waals surface area contributed by atoms with E-state index in [4.69, 9.17) is 14.5 Å². The van der Waals surface area contributed by atoms with Crippen LogP contribution in [0.25, 0.3) is 26.5 Å². The zero-order valence-corrected chi connectivity index (χ0v) is 29.0. The van der Waals surface area contributed by atoms with Crippen LogP contribution in [0.15, 0.2) is 96.2 Å². The van der Waals surface area contributed by atoms with Gasteiger partial charge in [0.25, 0.3) is 5.56 Å². The number of rotatable bonds is 11. The molecule has 0 spiro atoms. The lowest BCUT2D eigenvalue weighted by Crippen LogP contribution is -2.43. The summed E-state index contributed by atoms with van der Waals surface area (Å²) in [6, 6.07) is 18.9. The molecule has 0 amide bonds. The third kappa shape index (κ3) is 7.58. The maximum absolute atomic E-state index is 15.5. The fourth-order valence-corrected chi connectivity index (χ4v) is 7.08. The number of Topliss-reactive ketones (excluding diaryl/α,β-unsaturated/α-hetero) is 1. The highest BCUT2D eigenvalue weighted by atomic mass is 32.1. The minimum atomic E-state index is -0.665. The summed E-state index contributed by atoms with van der Waals surface area (Å²) in [5, 5.41) is 0. The Hall–Kier alpha value is -5.30. The Morgan fingerprint density at radius 1 is 0.882 bits per heavy atom. The summed E-state index contributed by atoms with van der Waals surface area (Å²) >= 11 is 1.46. The van der Waals surface area contributed by atoms with Crippen LogP contribution in [-0.2, 0) is 13.0 Å². The average molecular weight is 708 g/mol. The van der Waals surface area contributed by atoms with E-state index in [-0.39, 0.29) is 30.1 Å². The smallest absolute Gasteiger partial charge is 0.269 e. The van der Waals surface area contributed by atoms with Crippen molar-refractivity contribution in [2.24, 2.45) is 0 Å². The number of piperazine rings is 1. The standard InChI is InChI=1S/C39H35F2N5O4S/c1-3-49-34-13-15-46(28-8-6-27(40)7-9-28)39(48)37(34)32(47)21-25-5-11-33(29(41)20-25)50-35-12-14-42-31-22-36(51-38(31)35)30-10-4-26(23-43-30)24-45-18-16-44(2)17-19-45/h4-15,20,22-23H,3,16-19,21,24H2,1-2H3. The van der Waals surface area contributed by atoms with E-state index in [1.54, 1.807) is 25.3 Å². The highest BCUT2D eigenvalue weighted by molar-refractivity contribution is 7.22. The number of thiophene rings is 1. The van der Waals surface area contributed by atoms with Crippen LogP contribution in [0.4, 0.5) is 8.78 Å². The third-order valence-electron chi connectivity index (χ3n) is 8.77. The van der Waals surface area contributed by atoms with Crippen LogP contribution in [-0.4, -0.2) is 70.0 Å². The fourth-order valence-electron chi connectivity index (χ4n) is 6.04. The number of hydrogen-bond acceptors (Lipinski definition) is 9. The molecule has 9 nitrogen and oxygen atoms in total. The maximum atomic E-state index is 15.5. The summed E-state index contributed by atoms with van der Waals surface area (Å²) in [6.07, 6.45) is 4.74. The van der Waals surface area contributed by atoms with Gasteiger partial charge in [0.05, 0.1) is 27.4 Å². The van der Waals surface area contributed by atoms with Gasteiger partial charge in [-0.05, 0) is 79.7 Å². The van der Waals surface area contributed by atoms with Crippen molar-refractivity contribution in [3.05, 3.63) is 130 Å². The molecule has 0 atom stereocenters. The minimum Gasteiger partial charge on any atom is -0.493 e. The normalized spacial score (nSPS) is 13.8. The van der Waals surface area contributed by atoms with Crippen LogP contribution in [0, 0.1) is 11.6 Å². The molecule has 0 unspecified atom stereocenters. The first-order chi connectivity index (χ1) is 24.7. The Bertz CT molecular complexity index is 2250. The molecule has 2 aromatic carbocycles. The van der Waals surface area contributed by atoms with E-state index in [0.717, 1.165) is 53.6 Å². The largest absolute Gasteiger partial charge is 0.493 e. The van der Waals surface area contributed by atoms with Gasteiger partial charge in [-0.25, -0.2) is 8.78 Å². The highest BCUT2D eigenvalue weighted by Gasteiger charge is 2.22. The zero-order valence-electron chi connectivity index (χ0n) is 28.1. The molecule has 1 aliphatic rings. The first kappa shape index (κ1) is 34.2. The molecule has 260 valence electrons. The number of ketones is 1. The summed E-state index contributed by atoms with van der Waals surface area (Å²) < 4.78 is 42.6. The number of hydrogen-bond donors (Lipinski definition) is 0. The quantitative estimate of drug-likeness (QED) is 0.131. The molecule has 5 heterocycles. The lowest BCUT2D eigenvalue weighted by molar-refractivity contribution is 0.0987. The third-order valence-corrected chi connectivity index (χ3v) is 9.93. The molecule has 0 aliphatic carbocycles. The van der Waals surface area contributed by atoms with Gasteiger partial charge in [0, 0.05) is 69.5 Å². The molecule has 12 heteroatoms. The van der Waals surface area contributed by atoms with Crippen molar-refractivity contribution in [1.29, 1.82) is 0 Å². The summed E-state index contributed by atoms with van der Waals surface area (Å²) in [5.41, 5.74) is 2.64. The average Bonchev–Trinajstić information content (AvgIpc) is 3.57. The molecule has 0 bridgehead atoms. The summed E-state index contributed by atoms with van der Waals surface area (Å²) in [6.45, 7) is 7.04. The number of halogens is 2. The summed E-state index contributed by atoms with van der Waals surface area (Å²) in [7, 11) is 2.14. The zero-order chi connectivity index (χ0) is 35.5. The lowest BCUT2D eigenvalue weighted by Gasteiger charge is -2.32. The van der Waals surface area contributed by atoms with Crippen molar-refractivity contribution < 1.29 is 23.0 Å². The molecule has 0 N–H and O–H groups in total. The van der Waals surface area contributed by atoms with E-state index in [2.05, 4.69) is 27.9 Å². The van der Waals surface area contributed by atoms with Crippen molar-refractivity contribution in [1.82, 2.24) is 24.3 Å². The first-order valence-corrected chi connectivity index (χ1v) is 17.5. The van der Waals surface area contributed by atoms with Gasteiger partial charge in [0.2, 0.25) is 0 Å². The molecule has 0 saturated carbocycles. The van der Waals surface area contributed by atoms with Gasteiger partial charge < -0.3 is 14.4 Å². The number of ether oxygens (including phenoxy) is 2. The highest BCUT2D eigenvalue weighted by Crippen LogP contribution is 2.39. The van der Waals surface area contributed by atoms with E-state index in [1.165, 1.54) is 64.6 Å². The van der Waals surface area contributed by atoms with Crippen LogP contribution in [0.5, 0.6) is 17.2 Å². The summed E-state index contributed by atoms with van der Waals surface area (Å²) in [5.74, 6) is -1.12. The Morgan fingerprint density at radius 3 is 2.39 bits per heavy atom. The minimum absolute atomic E-state index is 0.0200. The molecule has 4 aromatic heterocycles. The van der Waals surface area contributed by atoms with Crippen LogP contribution < -0.4 is 15.0 Å². The Kier molecular flexibility index (Phi) is 9.98. The number of aromatic nitrogens is 3. The van der Waals surface area contributed by atoms with Crippen LogP contribution in [0.1, 0.15) is 28.4 Å². The number of likely N-dealkylation sites (N-methyl/N-ethyl adjacent to an activating group) is 1. The van der Waals surface area contributed by atoms with E-state index in [1.807, 2.05) is 18.3 Å². The number of nitrogens with zero attached hydrogens (tertiary/aromatic N) is 5. The molecular formula is C39H35F2N5O4S. The van der Waals surface area contributed by atoms with Crippen molar-refractivity contribution in [2.75, 3.05) is 39.8 Å². The molecule has 6 aromatic rings. The monoisotopic (exact) mass is 707 g/mol. The van der Waals surface area contributed by atoms with Crippen molar-refractivity contribution in [3.8, 4) is 33.5 Å². The predicted molar refractivity (Wildman–Crippen MR) is 193 cm³/mol. The van der Waals surface area contributed by atoms with Gasteiger partial charge in [-0.3, -0.25) is 29.0 Å². The van der Waals surface area contributed by atoms with Crippen LogP contribution >= 0.6 is 11.3 Å². The molecule has 7 rings (SSSR count). The number of benzene rings is 2. The summed E-state index contributed by atoms with van der Waals surface area (Å²) in [4.78, 5) is 41.9. The number of carbonyl (C=O) groups excluding carboxylic acids is 1. The van der Waals surface area contributed by atoms with Gasteiger partial charge >= 0.3 is 0 Å². The van der Waals surface area contributed by atoms with Crippen LogP contribution in [0.2, 0.25) is 0 Å². The van der Waals surface area contributed by atoms with Gasteiger partial charge in [-0.2, -0.15) is 0 Å². The number of fused-ring (bicyclic) bond motifs is 1. The van der Waals surface area contributed by atoms with Crippen molar-refractivity contribution >= 4 is 27.3 Å². The Labute approximate surface area is 297 Å². The molecule has 1 saturated heterocycles. The second-order valence-corrected chi connectivity index (χ2v) is 13.4. The van der Waals surface area contributed by atoms with Crippen molar-refractivity contribution in [2.45, 2.75) is 19.9 Å². The van der Waals surface area contributed by atoms with E-state index < -0.39 is 23.0 Å². The maximum Gasteiger partial charge on any atom is 0.269 e. The van der Waals surface area contributed by atoms with Gasteiger partial charge in [-0.1, -0.05) is 12.1 Å². The number of carbonyl (C=O) groups is 1. The van der Waals surface area contributed by atoms with E-state index >= 15 is 4.39 Å². The predicted octanol–water partition coefficient (Wildman–Crippen LogP) is 7.15. The first-order valence-electron chi connectivity index (χ1n) is 16.6. The van der Waals surface area contributed by atoms with Gasteiger partial charge in [0.1, 0.15) is 22.9 Å². The number of pyridine rings is 3. The Morgan fingerprint density at radius 2 is 1.67 bits per heavy atom. The van der Waals surface area contributed by atoms with Crippen molar-refractivity contribution in [3.63, 3.8) is 0 Å². The van der Waals surface area contributed by atoms with Crippen LogP contribution in [0.3, 0.4) is 0 Å².